The van der Waals surface area contributed by atoms with Crippen LogP contribution in [0.2, 0.25) is 5.15 Å². The van der Waals surface area contributed by atoms with Gasteiger partial charge in [-0.2, -0.15) is 0 Å². The third-order valence-electron chi connectivity index (χ3n) is 4.59. The molecule has 0 bridgehead atoms. The van der Waals surface area contributed by atoms with Crippen LogP contribution in [0.4, 0.5) is 5.69 Å². The Morgan fingerprint density at radius 2 is 2.00 bits per heavy atom. The summed E-state index contributed by atoms with van der Waals surface area (Å²) in [5, 5.41) is 24.2. The number of halogens is 1. The minimum absolute atomic E-state index is 0.158. The van der Waals surface area contributed by atoms with E-state index in [0.717, 1.165) is 46.9 Å². The van der Waals surface area contributed by atoms with Crippen LogP contribution in [0.5, 0.6) is 0 Å². The first-order chi connectivity index (χ1) is 11.7. The minimum Gasteiger partial charge on any atom is -0.393 e. The third-order valence-corrected chi connectivity index (χ3v) is 5.91. The summed E-state index contributed by atoms with van der Waals surface area (Å²) in [5.41, 5.74) is 1.84. The number of rotatable bonds is 4. The number of aliphatic hydroxyl groups is 1. The van der Waals surface area contributed by atoms with Gasteiger partial charge in [-0.1, -0.05) is 22.9 Å². The molecule has 8 heteroatoms. The van der Waals surface area contributed by atoms with Gasteiger partial charge in [0.15, 0.2) is 5.01 Å². The van der Waals surface area contributed by atoms with Gasteiger partial charge in [-0.15, -0.1) is 10.2 Å². The van der Waals surface area contributed by atoms with Crippen molar-refractivity contribution in [2.24, 2.45) is 0 Å². The zero-order valence-corrected chi connectivity index (χ0v) is 14.7. The van der Waals surface area contributed by atoms with Gasteiger partial charge in [0, 0.05) is 17.8 Å². The Bertz CT molecular complexity index is 714. The lowest BCUT2D eigenvalue weighted by atomic mass is 9.88. The van der Waals surface area contributed by atoms with Crippen molar-refractivity contribution in [3.63, 3.8) is 0 Å². The van der Waals surface area contributed by atoms with E-state index in [-0.39, 0.29) is 6.10 Å². The largest absolute Gasteiger partial charge is 0.393 e. The Morgan fingerprint density at radius 1 is 1.21 bits per heavy atom. The summed E-state index contributed by atoms with van der Waals surface area (Å²) in [4.78, 5) is 4.20. The highest BCUT2D eigenvalue weighted by Crippen LogP contribution is 2.38. The normalized spacial score (nSPS) is 24.6. The predicted molar refractivity (Wildman–Crippen MR) is 93.6 cm³/mol. The molecule has 0 unspecified atom stereocenters. The Balaban J connectivity index is 1.57. The van der Waals surface area contributed by atoms with E-state index in [0.29, 0.717) is 30.3 Å². The Morgan fingerprint density at radius 3 is 2.71 bits per heavy atom. The lowest BCUT2D eigenvalue weighted by Crippen LogP contribution is -2.40. The van der Waals surface area contributed by atoms with Crippen LogP contribution in [0.1, 0.15) is 36.6 Å². The zero-order valence-electron chi connectivity index (χ0n) is 13.1. The molecule has 2 N–H and O–H groups in total. The molecule has 0 atom stereocenters. The molecule has 1 saturated carbocycles. The van der Waals surface area contributed by atoms with Crippen LogP contribution in [0.3, 0.4) is 0 Å². The summed E-state index contributed by atoms with van der Waals surface area (Å²) in [6.45, 7) is 1.40. The molecule has 2 aromatic heterocycles. The molecule has 2 aliphatic rings. The van der Waals surface area contributed by atoms with Gasteiger partial charge in [0.05, 0.1) is 30.9 Å². The molecule has 1 aliphatic carbocycles. The lowest BCUT2D eigenvalue weighted by molar-refractivity contribution is 0.0211. The minimum atomic E-state index is -0.158. The number of aliphatic hydroxyl groups excluding tert-OH is 1. The third kappa shape index (κ3) is 3.39. The lowest BCUT2D eigenvalue weighted by Gasteiger charge is -2.28. The molecule has 4 rings (SSSR count). The van der Waals surface area contributed by atoms with Crippen LogP contribution >= 0.6 is 22.9 Å². The average molecular weight is 367 g/mol. The van der Waals surface area contributed by atoms with Crippen LogP contribution in [0, 0.1) is 0 Å². The average Bonchev–Trinajstić information content (AvgIpc) is 3.01. The number of pyridine rings is 1. The summed E-state index contributed by atoms with van der Waals surface area (Å²) in [7, 11) is 0. The van der Waals surface area contributed by atoms with Crippen molar-refractivity contribution in [1.82, 2.24) is 15.2 Å². The Kier molecular flexibility index (Phi) is 4.67. The van der Waals surface area contributed by atoms with Gasteiger partial charge in [-0.05, 0) is 31.7 Å². The quantitative estimate of drug-likeness (QED) is 0.809. The van der Waals surface area contributed by atoms with E-state index in [1.165, 1.54) is 0 Å². The molecular formula is C16H19ClN4O2S. The molecule has 2 fully saturated rings. The van der Waals surface area contributed by atoms with Gasteiger partial charge >= 0.3 is 0 Å². The first-order valence-electron chi connectivity index (χ1n) is 8.20. The number of anilines is 1. The highest BCUT2D eigenvalue weighted by molar-refractivity contribution is 7.14. The number of nitrogens with one attached hydrogen (secondary N) is 1. The number of hydrogen-bond donors (Lipinski definition) is 2. The summed E-state index contributed by atoms with van der Waals surface area (Å²) in [6.07, 6.45) is 5.22. The molecule has 128 valence electrons. The van der Waals surface area contributed by atoms with Gasteiger partial charge in [0.2, 0.25) is 0 Å². The highest BCUT2D eigenvalue weighted by atomic mass is 35.5. The van der Waals surface area contributed by atoms with E-state index in [2.05, 4.69) is 20.5 Å². The van der Waals surface area contributed by atoms with Crippen LogP contribution < -0.4 is 5.32 Å². The Labute approximate surface area is 149 Å². The second-order valence-corrected chi connectivity index (χ2v) is 7.78. The van der Waals surface area contributed by atoms with E-state index >= 15 is 0 Å². The summed E-state index contributed by atoms with van der Waals surface area (Å²) < 4.78 is 5.22. The first kappa shape index (κ1) is 16.2. The summed E-state index contributed by atoms with van der Waals surface area (Å²) in [5.74, 6) is 0.399. The van der Waals surface area contributed by atoms with E-state index in [4.69, 9.17) is 16.3 Å². The fourth-order valence-electron chi connectivity index (χ4n) is 3.09. The smallest absolute Gasteiger partial charge is 0.151 e. The van der Waals surface area contributed by atoms with Crippen molar-refractivity contribution in [2.45, 2.75) is 43.7 Å². The molecule has 2 aromatic rings. The second-order valence-electron chi connectivity index (χ2n) is 6.38. The number of nitrogens with zero attached hydrogens (tertiary/aromatic N) is 3. The standard InChI is InChI=1S/C16H19ClN4O2S/c17-14-5-13(19-10-7-23-8-10)12(6-18-14)16-21-20-15(24-16)9-1-3-11(22)4-2-9/h5-6,9-11,22H,1-4,7-8H2,(H,18,19). The van der Waals surface area contributed by atoms with Crippen molar-refractivity contribution in [3.05, 3.63) is 22.4 Å². The molecule has 6 nitrogen and oxygen atoms in total. The van der Waals surface area contributed by atoms with Crippen molar-refractivity contribution in [1.29, 1.82) is 0 Å². The van der Waals surface area contributed by atoms with Crippen LogP contribution in [-0.4, -0.2) is 45.6 Å². The molecule has 1 aliphatic heterocycles. The molecule has 1 saturated heterocycles. The van der Waals surface area contributed by atoms with Crippen LogP contribution in [0.15, 0.2) is 12.3 Å². The van der Waals surface area contributed by atoms with E-state index < -0.39 is 0 Å². The van der Waals surface area contributed by atoms with Crippen molar-refractivity contribution in [3.8, 4) is 10.6 Å². The maximum absolute atomic E-state index is 9.66. The highest BCUT2D eigenvalue weighted by Gasteiger charge is 2.25. The fourth-order valence-corrected chi connectivity index (χ4v) is 4.28. The van der Waals surface area contributed by atoms with Gasteiger partial charge < -0.3 is 15.2 Å². The van der Waals surface area contributed by atoms with Gasteiger partial charge in [-0.25, -0.2) is 4.98 Å². The molecule has 0 spiro atoms. The Hall–Kier alpha value is -1.28. The molecule has 3 heterocycles. The SMILES string of the molecule is OC1CCC(c2nnc(-c3cnc(Cl)cc3NC3COC3)s2)CC1. The summed E-state index contributed by atoms with van der Waals surface area (Å²) in [6, 6.07) is 2.13. The van der Waals surface area contributed by atoms with Crippen molar-refractivity contribution in [2.75, 3.05) is 18.5 Å². The van der Waals surface area contributed by atoms with Crippen molar-refractivity contribution < 1.29 is 9.84 Å². The maximum Gasteiger partial charge on any atom is 0.151 e. The second kappa shape index (κ2) is 6.92. The van der Waals surface area contributed by atoms with Gasteiger partial charge in [-0.3, -0.25) is 0 Å². The molecule has 24 heavy (non-hydrogen) atoms. The number of aromatic nitrogens is 3. The molecule has 0 amide bonds. The molecular weight excluding hydrogens is 348 g/mol. The zero-order chi connectivity index (χ0) is 16.5. The topological polar surface area (TPSA) is 80.2 Å². The van der Waals surface area contributed by atoms with Crippen LogP contribution in [0.25, 0.3) is 10.6 Å². The number of ether oxygens (including phenoxy) is 1. The summed E-state index contributed by atoms with van der Waals surface area (Å²) >= 11 is 7.66. The molecule has 0 aromatic carbocycles. The predicted octanol–water partition coefficient (Wildman–Crippen LogP) is 3.08. The fraction of sp³-hybridized carbons (Fsp3) is 0.562. The van der Waals surface area contributed by atoms with E-state index in [1.54, 1.807) is 17.5 Å². The van der Waals surface area contributed by atoms with E-state index in [1.807, 2.05) is 6.07 Å². The van der Waals surface area contributed by atoms with Gasteiger partial charge in [0.1, 0.15) is 10.2 Å². The maximum atomic E-state index is 9.66. The number of hydrogen-bond acceptors (Lipinski definition) is 7. The van der Waals surface area contributed by atoms with E-state index in [9.17, 15) is 5.11 Å². The monoisotopic (exact) mass is 366 g/mol. The van der Waals surface area contributed by atoms with Crippen LogP contribution in [-0.2, 0) is 4.74 Å². The van der Waals surface area contributed by atoms with Gasteiger partial charge in [0.25, 0.3) is 0 Å². The first-order valence-corrected chi connectivity index (χ1v) is 9.40. The van der Waals surface area contributed by atoms with Crippen molar-refractivity contribution >= 4 is 28.6 Å². The molecule has 0 radical (unpaired) electrons.